The summed E-state index contributed by atoms with van der Waals surface area (Å²) >= 11 is -2.36. The van der Waals surface area contributed by atoms with E-state index in [2.05, 4.69) is 243 Å². The third-order valence-corrected chi connectivity index (χ3v) is 48.9. The van der Waals surface area contributed by atoms with Crippen LogP contribution >= 0.6 is 51.4 Å². The second kappa shape index (κ2) is 20.7. The molecular formula is C50H42Cl2NiP4Pd. The van der Waals surface area contributed by atoms with E-state index in [1.54, 1.807) is 0 Å². The van der Waals surface area contributed by atoms with Gasteiger partial charge in [0.15, 0.2) is 0 Å². The van der Waals surface area contributed by atoms with Crippen LogP contribution in [0.2, 0.25) is 0 Å². The van der Waals surface area contributed by atoms with Gasteiger partial charge in [-0.15, -0.1) is 0 Å². The molecule has 0 saturated heterocycles. The molecule has 0 aliphatic carbocycles. The Balaban J connectivity index is 1.53. The Hall–Kier alpha value is -2.78. The molecule has 296 valence electrons. The van der Waals surface area contributed by atoms with Gasteiger partial charge in [-0.2, -0.15) is 0 Å². The summed E-state index contributed by atoms with van der Waals surface area (Å²) in [4.78, 5) is 0. The summed E-state index contributed by atoms with van der Waals surface area (Å²) in [5.74, 6) is 0. The molecule has 0 amide bonds. The van der Waals surface area contributed by atoms with Crippen molar-refractivity contribution in [2.75, 3.05) is 0 Å². The van der Waals surface area contributed by atoms with Crippen LogP contribution in [0.5, 0.6) is 0 Å². The molecule has 0 heterocycles. The van der Waals surface area contributed by atoms with Crippen molar-refractivity contribution in [2.45, 2.75) is 7.75 Å². The van der Waals surface area contributed by atoms with Gasteiger partial charge in [-0.25, -0.2) is 0 Å². The molecule has 0 aliphatic heterocycles. The van der Waals surface area contributed by atoms with E-state index in [0.29, 0.717) is 0 Å². The molecule has 8 aromatic carbocycles. The van der Waals surface area contributed by atoms with Gasteiger partial charge in [0, 0.05) is 0 Å². The fourth-order valence-electron chi connectivity index (χ4n) is 6.99. The molecule has 58 heavy (non-hydrogen) atoms. The molecule has 0 saturated carbocycles. The van der Waals surface area contributed by atoms with Crippen LogP contribution in [0.25, 0.3) is 0 Å². The van der Waals surface area contributed by atoms with Crippen LogP contribution in [-0.4, -0.2) is 7.75 Å². The van der Waals surface area contributed by atoms with E-state index in [9.17, 15) is 9.53 Å². The minimum absolute atomic E-state index is 0.0168. The number of halogens is 2. The maximum absolute atomic E-state index is 9.29. The van der Waals surface area contributed by atoms with Gasteiger partial charge in [0.05, 0.1) is 0 Å². The summed E-state index contributed by atoms with van der Waals surface area (Å²) in [5, 5.41) is 10.6. The third-order valence-electron chi connectivity index (χ3n) is 9.54. The van der Waals surface area contributed by atoms with Crippen molar-refractivity contribution in [3.8, 4) is 0 Å². The van der Waals surface area contributed by atoms with Crippen LogP contribution in [-0.2, 0) is 23.7 Å². The molecule has 0 fully saturated rings. The van der Waals surface area contributed by atoms with Crippen LogP contribution in [0.4, 0.5) is 0 Å². The summed E-state index contributed by atoms with van der Waals surface area (Å²) in [6, 6.07) is 89.7. The van der Waals surface area contributed by atoms with Gasteiger partial charge >= 0.3 is 368 Å². The minimum atomic E-state index is -3.60. The first-order chi connectivity index (χ1) is 28.7. The fraction of sp³-hybridized carbons (Fsp3) is 0.0400. The number of hydrogen-bond donors (Lipinski definition) is 0. The molecule has 0 radical (unpaired) electrons. The summed E-state index contributed by atoms with van der Waals surface area (Å²) in [6.07, 6.45) is 0. The van der Waals surface area contributed by atoms with E-state index in [1.165, 1.54) is 53.5 Å². The van der Waals surface area contributed by atoms with Crippen LogP contribution in [0.3, 0.4) is 0 Å². The molecule has 0 aromatic heterocycles. The third kappa shape index (κ3) is 9.40. The number of rotatable bonds is 15. The average molecular weight is 1000 g/mol. The van der Waals surface area contributed by atoms with Gasteiger partial charge in [-0.3, -0.25) is 0 Å². The molecule has 0 N–H and O–H groups in total. The second-order valence-electron chi connectivity index (χ2n) is 13.2. The SMILES string of the molecule is [Cl][Ni][Pd]([Cl])([CH](P(c1ccccc1)c1ccccc1)P(c1ccccc1)c1ccccc1)[CH](P(c1ccccc1)c1ccccc1)P(c1ccccc1)c1ccccc1. The van der Waals surface area contributed by atoms with E-state index >= 15 is 0 Å². The Bertz CT molecular complexity index is 1930. The Morgan fingerprint density at radius 2 is 0.414 bits per heavy atom. The van der Waals surface area contributed by atoms with Gasteiger partial charge in [-0.05, 0) is 0 Å². The van der Waals surface area contributed by atoms with Crippen molar-refractivity contribution in [1.29, 1.82) is 0 Å². The van der Waals surface area contributed by atoms with Crippen molar-refractivity contribution >= 4 is 93.8 Å². The van der Waals surface area contributed by atoms with E-state index in [0.717, 1.165) is 0 Å². The normalized spacial score (nSPS) is 12.3. The van der Waals surface area contributed by atoms with Gasteiger partial charge in [0.25, 0.3) is 0 Å². The van der Waals surface area contributed by atoms with Gasteiger partial charge in [0.1, 0.15) is 0 Å². The monoisotopic (exact) mass is 1000 g/mol. The van der Waals surface area contributed by atoms with Crippen LogP contribution in [0.15, 0.2) is 243 Å². The van der Waals surface area contributed by atoms with Crippen molar-refractivity contribution in [3.63, 3.8) is 0 Å². The zero-order chi connectivity index (χ0) is 39.6. The zero-order valence-electron chi connectivity index (χ0n) is 31.4. The van der Waals surface area contributed by atoms with E-state index in [4.69, 9.17) is 10.2 Å². The topological polar surface area (TPSA) is 0 Å². The number of hydrogen-bond acceptors (Lipinski definition) is 0. The summed E-state index contributed by atoms with van der Waals surface area (Å²) < 4.78 is 0.0335. The first-order valence-corrected chi connectivity index (χ1v) is 31.9. The zero-order valence-corrected chi connectivity index (χ0v) is 39.1. The van der Waals surface area contributed by atoms with Gasteiger partial charge in [0.2, 0.25) is 0 Å². The second-order valence-corrected chi connectivity index (χ2v) is 38.6. The molecule has 0 nitrogen and oxygen atoms in total. The molecule has 0 atom stereocenters. The summed E-state index contributed by atoms with van der Waals surface area (Å²) in [5.41, 5.74) is 0. The molecule has 0 aliphatic rings. The first-order valence-electron chi connectivity index (χ1n) is 18.8. The van der Waals surface area contributed by atoms with Crippen LogP contribution in [0.1, 0.15) is 0 Å². The maximum atomic E-state index is 9.29. The molecule has 0 unspecified atom stereocenters. The predicted molar refractivity (Wildman–Crippen MR) is 256 cm³/mol. The number of benzene rings is 8. The molecule has 0 spiro atoms. The first kappa shape index (κ1) is 41.9. The van der Waals surface area contributed by atoms with Gasteiger partial charge < -0.3 is 0 Å². The molecule has 8 rings (SSSR count). The molecule has 8 aromatic rings. The van der Waals surface area contributed by atoms with E-state index in [-0.39, 0.29) is 7.75 Å². The molecule has 8 heteroatoms. The van der Waals surface area contributed by atoms with Crippen LogP contribution < -0.4 is 42.4 Å². The van der Waals surface area contributed by atoms with Crippen molar-refractivity contribution in [1.82, 2.24) is 0 Å². The fourth-order valence-corrected chi connectivity index (χ4v) is 54.6. The summed E-state index contributed by atoms with van der Waals surface area (Å²) in [6.45, 7) is 0. The van der Waals surface area contributed by atoms with E-state index < -0.39 is 44.3 Å². The Morgan fingerprint density at radius 1 is 0.276 bits per heavy atom. The molecule has 0 bridgehead atoms. The Kier molecular flexibility index (Phi) is 14.9. The van der Waals surface area contributed by atoms with Gasteiger partial charge in [-0.1, -0.05) is 0 Å². The van der Waals surface area contributed by atoms with Crippen LogP contribution in [0, 0.1) is 0 Å². The van der Waals surface area contributed by atoms with Crippen molar-refractivity contribution in [3.05, 3.63) is 243 Å². The Labute approximate surface area is 364 Å². The quantitative estimate of drug-likeness (QED) is 0.0709. The van der Waals surface area contributed by atoms with Crippen molar-refractivity contribution in [2.24, 2.45) is 0 Å². The average Bonchev–Trinajstić information content (AvgIpc) is 3.31. The Morgan fingerprint density at radius 3 is 0.534 bits per heavy atom. The predicted octanol–water partition coefficient (Wildman–Crippen LogP) is 11.5. The molecular weight excluding hydrogens is 960 g/mol. The van der Waals surface area contributed by atoms with E-state index in [1.807, 2.05) is 0 Å². The van der Waals surface area contributed by atoms with Crippen molar-refractivity contribution < 1.29 is 23.7 Å². The summed E-state index contributed by atoms with van der Waals surface area (Å²) in [7, 11) is 12.9. The standard InChI is InChI=1S/2C25H21P2.2ClH.Ni.Pd/c2*1-5-13-22(14-6-1)26(23-15-7-2-8-16-23)21-27(24-17-9-3-10-18-24)25-19-11-4-12-20-25;;;;/h2*1-21H;2*1H;;/q;;;;2*+1/p-2.